The standard InChI is InChI=1S/C17H22N2OS/c1-12(2)11-19(13-7-8-13)17(20)10-9-16-18-14-5-3-4-6-15(14)21-16/h3-6,12-13H,7-11H2,1-2H3. The molecule has 3 nitrogen and oxygen atoms in total. The molecule has 21 heavy (non-hydrogen) atoms. The number of rotatable bonds is 6. The maximum Gasteiger partial charge on any atom is 0.223 e. The molecule has 112 valence electrons. The van der Waals surface area contributed by atoms with Gasteiger partial charge in [-0.05, 0) is 30.9 Å². The van der Waals surface area contributed by atoms with Gasteiger partial charge in [0.25, 0.3) is 0 Å². The summed E-state index contributed by atoms with van der Waals surface area (Å²) in [5, 5.41) is 1.07. The van der Waals surface area contributed by atoms with Crippen LogP contribution in [0.15, 0.2) is 24.3 Å². The topological polar surface area (TPSA) is 33.2 Å². The lowest BCUT2D eigenvalue weighted by molar-refractivity contribution is -0.132. The molecule has 0 spiro atoms. The SMILES string of the molecule is CC(C)CN(C(=O)CCc1nc2ccccc2s1)C1CC1. The molecule has 0 unspecified atom stereocenters. The van der Waals surface area contributed by atoms with E-state index in [-0.39, 0.29) is 0 Å². The van der Waals surface area contributed by atoms with Crippen molar-refractivity contribution >= 4 is 27.5 Å². The average molecular weight is 302 g/mol. The Kier molecular flexibility index (Phi) is 4.24. The number of carbonyl (C=O) groups excluding carboxylic acids is 1. The second-order valence-corrected chi connectivity index (χ2v) is 7.36. The van der Waals surface area contributed by atoms with Gasteiger partial charge in [0.15, 0.2) is 0 Å². The Balaban J connectivity index is 1.61. The highest BCUT2D eigenvalue weighted by molar-refractivity contribution is 7.18. The van der Waals surface area contributed by atoms with Crippen LogP contribution in [0.2, 0.25) is 0 Å². The molecule has 0 saturated heterocycles. The van der Waals surface area contributed by atoms with E-state index in [0.717, 1.165) is 23.5 Å². The fourth-order valence-corrected chi connectivity index (χ4v) is 3.59. The minimum atomic E-state index is 0.297. The molecule has 1 aromatic carbocycles. The number of aromatic nitrogens is 1. The summed E-state index contributed by atoms with van der Waals surface area (Å²) in [4.78, 5) is 19.2. The highest BCUT2D eigenvalue weighted by Gasteiger charge is 2.32. The minimum absolute atomic E-state index is 0.297. The van der Waals surface area contributed by atoms with E-state index < -0.39 is 0 Å². The molecule has 0 bridgehead atoms. The summed E-state index contributed by atoms with van der Waals surface area (Å²) in [7, 11) is 0. The Morgan fingerprint density at radius 3 is 2.81 bits per heavy atom. The maximum atomic E-state index is 12.5. The molecule has 0 N–H and O–H groups in total. The molecule has 0 radical (unpaired) electrons. The largest absolute Gasteiger partial charge is 0.339 e. The van der Waals surface area contributed by atoms with E-state index in [1.807, 2.05) is 18.2 Å². The molecular weight excluding hydrogens is 280 g/mol. The Hall–Kier alpha value is -1.42. The molecule has 3 rings (SSSR count). The van der Waals surface area contributed by atoms with Crippen molar-refractivity contribution in [1.29, 1.82) is 0 Å². The predicted octanol–water partition coefficient (Wildman–Crippen LogP) is 3.88. The van der Waals surface area contributed by atoms with Gasteiger partial charge in [0.2, 0.25) is 5.91 Å². The summed E-state index contributed by atoms with van der Waals surface area (Å²) in [6, 6.07) is 8.68. The molecule has 2 aromatic rings. The van der Waals surface area contributed by atoms with Crippen LogP contribution in [0, 0.1) is 5.92 Å². The Labute approximate surface area is 130 Å². The Bertz CT molecular complexity index is 598. The average Bonchev–Trinajstić information content (AvgIpc) is 3.21. The molecule has 0 aliphatic heterocycles. The number of benzene rings is 1. The molecule has 1 fully saturated rings. The lowest BCUT2D eigenvalue weighted by atomic mass is 10.2. The molecular formula is C17H22N2OS. The van der Waals surface area contributed by atoms with Gasteiger partial charge in [0.05, 0.1) is 15.2 Å². The summed E-state index contributed by atoms with van der Waals surface area (Å²) < 4.78 is 1.21. The highest BCUT2D eigenvalue weighted by atomic mass is 32.1. The molecule has 4 heteroatoms. The van der Waals surface area contributed by atoms with Crippen LogP contribution in [0.4, 0.5) is 0 Å². The molecule has 1 aromatic heterocycles. The summed E-state index contributed by atoms with van der Waals surface area (Å²) in [5.41, 5.74) is 1.05. The van der Waals surface area contributed by atoms with Gasteiger partial charge in [-0.3, -0.25) is 4.79 Å². The van der Waals surface area contributed by atoms with Crippen LogP contribution >= 0.6 is 11.3 Å². The number of aryl methyl sites for hydroxylation is 1. The van der Waals surface area contributed by atoms with E-state index in [1.165, 1.54) is 17.5 Å². The van der Waals surface area contributed by atoms with Crippen LogP contribution in [-0.2, 0) is 11.2 Å². The van der Waals surface area contributed by atoms with Crippen molar-refractivity contribution in [3.63, 3.8) is 0 Å². The van der Waals surface area contributed by atoms with E-state index >= 15 is 0 Å². The van der Waals surface area contributed by atoms with Gasteiger partial charge in [-0.15, -0.1) is 11.3 Å². The summed E-state index contributed by atoms with van der Waals surface area (Å²) >= 11 is 1.71. The summed E-state index contributed by atoms with van der Waals surface area (Å²) in [6.07, 6.45) is 3.71. The first-order valence-electron chi connectivity index (χ1n) is 7.77. The van der Waals surface area contributed by atoms with Gasteiger partial charge in [0, 0.05) is 25.4 Å². The second-order valence-electron chi connectivity index (χ2n) is 6.25. The number of nitrogens with zero attached hydrogens (tertiary/aromatic N) is 2. The zero-order chi connectivity index (χ0) is 14.8. The first-order valence-corrected chi connectivity index (χ1v) is 8.59. The molecule has 1 saturated carbocycles. The predicted molar refractivity (Wildman–Crippen MR) is 87.5 cm³/mol. The van der Waals surface area contributed by atoms with Crippen molar-refractivity contribution in [3.05, 3.63) is 29.3 Å². The van der Waals surface area contributed by atoms with Crippen LogP contribution in [0.5, 0.6) is 0 Å². The third-order valence-electron chi connectivity index (χ3n) is 3.76. The van der Waals surface area contributed by atoms with E-state index in [2.05, 4.69) is 29.8 Å². The zero-order valence-corrected chi connectivity index (χ0v) is 13.5. The zero-order valence-electron chi connectivity index (χ0n) is 12.7. The Morgan fingerprint density at radius 2 is 2.14 bits per heavy atom. The monoisotopic (exact) mass is 302 g/mol. The second kappa shape index (κ2) is 6.14. The normalized spacial score (nSPS) is 14.8. The van der Waals surface area contributed by atoms with E-state index in [4.69, 9.17) is 0 Å². The van der Waals surface area contributed by atoms with Gasteiger partial charge in [-0.2, -0.15) is 0 Å². The quantitative estimate of drug-likeness (QED) is 0.811. The third-order valence-corrected chi connectivity index (χ3v) is 4.86. The van der Waals surface area contributed by atoms with Gasteiger partial charge in [0.1, 0.15) is 0 Å². The third kappa shape index (κ3) is 3.62. The summed E-state index contributed by atoms with van der Waals surface area (Å²) in [5.74, 6) is 0.836. The van der Waals surface area contributed by atoms with Gasteiger partial charge in [-0.25, -0.2) is 4.98 Å². The maximum absolute atomic E-state index is 12.5. The van der Waals surface area contributed by atoms with Crippen LogP contribution in [0.25, 0.3) is 10.2 Å². The molecule has 0 atom stereocenters. The Morgan fingerprint density at radius 1 is 1.38 bits per heavy atom. The number of amides is 1. The van der Waals surface area contributed by atoms with Crippen molar-refractivity contribution in [1.82, 2.24) is 9.88 Å². The number of hydrogen-bond donors (Lipinski definition) is 0. The molecule has 1 heterocycles. The van der Waals surface area contributed by atoms with Gasteiger partial charge >= 0.3 is 0 Å². The number of hydrogen-bond acceptors (Lipinski definition) is 3. The molecule has 1 amide bonds. The van der Waals surface area contributed by atoms with Crippen LogP contribution in [-0.4, -0.2) is 28.4 Å². The number of fused-ring (bicyclic) bond motifs is 1. The van der Waals surface area contributed by atoms with Gasteiger partial charge < -0.3 is 4.90 Å². The van der Waals surface area contributed by atoms with Crippen LogP contribution < -0.4 is 0 Å². The van der Waals surface area contributed by atoms with Crippen molar-refractivity contribution in [3.8, 4) is 0 Å². The first-order chi connectivity index (χ1) is 10.1. The number of thiazole rings is 1. The fourth-order valence-electron chi connectivity index (χ4n) is 2.62. The highest BCUT2D eigenvalue weighted by Crippen LogP contribution is 2.29. The van der Waals surface area contributed by atoms with Crippen LogP contribution in [0.3, 0.4) is 0 Å². The fraction of sp³-hybridized carbons (Fsp3) is 0.529. The van der Waals surface area contributed by atoms with E-state index in [0.29, 0.717) is 24.3 Å². The number of para-hydroxylation sites is 1. The lowest BCUT2D eigenvalue weighted by Crippen LogP contribution is -2.36. The van der Waals surface area contributed by atoms with E-state index in [9.17, 15) is 4.79 Å². The van der Waals surface area contributed by atoms with Gasteiger partial charge in [-0.1, -0.05) is 26.0 Å². The van der Waals surface area contributed by atoms with Crippen molar-refractivity contribution < 1.29 is 4.79 Å². The first kappa shape index (κ1) is 14.5. The smallest absolute Gasteiger partial charge is 0.223 e. The van der Waals surface area contributed by atoms with E-state index in [1.54, 1.807) is 11.3 Å². The minimum Gasteiger partial charge on any atom is -0.339 e. The van der Waals surface area contributed by atoms with Crippen molar-refractivity contribution in [2.45, 2.75) is 45.6 Å². The number of carbonyl (C=O) groups is 1. The van der Waals surface area contributed by atoms with Crippen molar-refractivity contribution in [2.75, 3.05) is 6.54 Å². The van der Waals surface area contributed by atoms with Crippen molar-refractivity contribution in [2.24, 2.45) is 5.92 Å². The molecule has 1 aliphatic rings. The lowest BCUT2D eigenvalue weighted by Gasteiger charge is -2.24. The van der Waals surface area contributed by atoms with Crippen LogP contribution in [0.1, 0.15) is 38.1 Å². The molecule has 1 aliphatic carbocycles. The summed E-state index contributed by atoms with van der Waals surface area (Å²) in [6.45, 7) is 5.25.